The highest BCUT2D eigenvalue weighted by Crippen LogP contribution is 2.23. The van der Waals surface area contributed by atoms with Gasteiger partial charge in [-0.1, -0.05) is 66.2 Å². The van der Waals surface area contributed by atoms with Gasteiger partial charge in [-0.25, -0.2) is 0 Å². The number of halogens is 1. The standard InChI is InChI=1S/C22H18ClN3/c23-21-12-6-4-8-17(21)15-26-16-18(20-11-5-7-13-22(20)26)14-24-25-19-9-2-1-3-10-19/h1-14,16,25H,15H2/b24-14-. The molecule has 0 aliphatic heterocycles. The number of rotatable bonds is 5. The van der Waals surface area contributed by atoms with E-state index in [1.54, 1.807) is 0 Å². The Hall–Kier alpha value is -3.04. The topological polar surface area (TPSA) is 29.3 Å². The van der Waals surface area contributed by atoms with Gasteiger partial charge in [0, 0.05) is 34.2 Å². The number of anilines is 1. The second kappa shape index (κ2) is 7.46. The Kier molecular flexibility index (Phi) is 4.71. The summed E-state index contributed by atoms with van der Waals surface area (Å²) in [6, 6.07) is 26.2. The van der Waals surface area contributed by atoms with Gasteiger partial charge in [0.25, 0.3) is 0 Å². The summed E-state index contributed by atoms with van der Waals surface area (Å²) in [4.78, 5) is 0. The van der Waals surface area contributed by atoms with Gasteiger partial charge >= 0.3 is 0 Å². The number of nitrogens with one attached hydrogen (secondary N) is 1. The molecule has 3 aromatic carbocycles. The molecule has 0 atom stereocenters. The average Bonchev–Trinajstić information content (AvgIpc) is 3.02. The van der Waals surface area contributed by atoms with Crippen molar-refractivity contribution in [2.75, 3.05) is 5.43 Å². The summed E-state index contributed by atoms with van der Waals surface area (Å²) in [5.41, 5.74) is 7.35. The van der Waals surface area contributed by atoms with Crippen LogP contribution in [0.4, 0.5) is 5.69 Å². The maximum atomic E-state index is 6.33. The molecular weight excluding hydrogens is 342 g/mol. The van der Waals surface area contributed by atoms with Gasteiger partial charge in [-0.15, -0.1) is 0 Å². The summed E-state index contributed by atoms with van der Waals surface area (Å²) < 4.78 is 2.21. The van der Waals surface area contributed by atoms with Crippen LogP contribution in [0.2, 0.25) is 5.02 Å². The molecule has 0 fully saturated rings. The molecule has 0 saturated carbocycles. The minimum atomic E-state index is 0.722. The first-order chi connectivity index (χ1) is 12.8. The van der Waals surface area contributed by atoms with Crippen LogP contribution in [0.1, 0.15) is 11.1 Å². The van der Waals surface area contributed by atoms with Crippen LogP contribution >= 0.6 is 11.6 Å². The predicted molar refractivity (Wildman–Crippen MR) is 110 cm³/mol. The number of hydrogen-bond acceptors (Lipinski definition) is 2. The van der Waals surface area contributed by atoms with Crippen LogP contribution in [0.5, 0.6) is 0 Å². The Morgan fingerprint density at radius 1 is 0.885 bits per heavy atom. The Bertz CT molecular complexity index is 1050. The van der Waals surface area contributed by atoms with E-state index in [4.69, 9.17) is 11.6 Å². The van der Waals surface area contributed by atoms with E-state index in [1.807, 2.05) is 60.8 Å². The number of fused-ring (bicyclic) bond motifs is 1. The number of hydrogen-bond donors (Lipinski definition) is 1. The molecule has 0 aliphatic carbocycles. The molecule has 0 saturated heterocycles. The van der Waals surface area contributed by atoms with Crippen LogP contribution in [0.3, 0.4) is 0 Å². The molecule has 1 N–H and O–H groups in total. The molecule has 4 aromatic rings. The van der Waals surface area contributed by atoms with Crippen molar-refractivity contribution < 1.29 is 0 Å². The highest BCUT2D eigenvalue weighted by Gasteiger charge is 2.08. The Morgan fingerprint density at radius 2 is 1.62 bits per heavy atom. The predicted octanol–water partition coefficient (Wildman–Crippen LogP) is 5.79. The summed E-state index contributed by atoms with van der Waals surface area (Å²) in [7, 11) is 0. The first-order valence-corrected chi connectivity index (χ1v) is 8.84. The fourth-order valence-electron chi connectivity index (χ4n) is 3.01. The first-order valence-electron chi connectivity index (χ1n) is 8.47. The summed E-state index contributed by atoms with van der Waals surface area (Å²) >= 11 is 6.33. The number of aromatic nitrogens is 1. The highest BCUT2D eigenvalue weighted by molar-refractivity contribution is 6.31. The summed E-state index contributed by atoms with van der Waals surface area (Å²) in [5.74, 6) is 0. The molecule has 128 valence electrons. The van der Waals surface area contributed by atoms with Gasteiger partial charge in [0.15, 0.2) is 0 Å². The number of nitrogens with zero attached hydrogens (tertiary/aromatic N) is 2. The molecule has 1 heterocycles. The third kappa shape index (κ3) is 3.48. The van der Waals surface area contributed by atoms with Crippen LogP contribution in [-0.2, 0) is 6.54 Å². The molecule has 4 rings (SSSR count). The third-order valence-corrected chi connectivity index (χ3v) is 4.66. The zero-order valence-corrected chi connectivity index (χ0v) is 14.9. The van der Waals surface area contributed by atoms with Crippen molar-refractivity contribution in [1.29, 1.82) is 0 Å². The van der Waals surface area contributed by atoms with Crippen molar-refractivity contribution in [1.82, 2.24) is 4.57 Å². The number of benzene rings is 3. The van der Waals surface area contributed by atoms with Crippen molar-refractivity contribution in [3.63, 3.8) is 0 Å². The van der Waals surface area contributed by atoms with E-state index < -0.39 is 0 Å². The SMILES string of the molecule is Clc1ccccc1Cn1cc(/C=N\Nc2ccccc2)c2ccccc21. The molecule has 0 spiro atoms. The second-order valence-electron chi connectivity index (χ2n) is 6.06. The van der Waals surface area contributed by atoms with Crippen LogP contribution in [0.25, 0.3) is 10.9 Å². The van der Waals surface area contributed by atoms with Gasteiger partial charge in [-0.05, 0) is 29.8 Å². The highest BCUT2D eigenvalue weighted by atomic mass is 35.5. The summed E-state index contributed by atoms with van der Waals surface area (Å²) in [6.45, 7) is 0.722. The molecule has 26 heavy (non-hydrogen) atoms. The van der Waals surface area contributed by atoms with Crippen LogP contribution < -0.4 is 5.43 Å². The minimum Gasteiger partial charge on any atom is -0.342 e. The quantitative estimate of drug-likeness (QED) is 0.354. The summed E-state index contributed by atoms with van der Waals surface area (Å²) in [6.07, 6.45) is 3.97. The van der Waals surface area contributed by atoms with Gasteiger partial charge in [0.2, 0.25) is 0 Å². The van der Waals surface area contributed by atoms with Crippen molar-refractivity contribution in [3.05, 3.63) is 101 Å². The Labute approximate surface area is 157 Å². The van der Waals surface area contributed by atoms with E-state index in [1.165, 1.54) is 0 Å². The smallest absolute Gasteiger partial charge is 0.0566 e. The van der Waals surface area contributed by atoms with Gasteiger partial charge in [0.05, 0.1) is 11.9 Å². The van der Waals surface area contributed by atoms with Crippen molar-refractivity contribution in [3.8, 4) is 0 Å². The lowest BCUT2D eigenvalue weighted by Gasteiger charge is -2.07. The van der Waals surface area contributed by atoms with E-state index in [0.717, 1.165) is 39.3 Å². The molecule has 0 bridgehead atoms. The largest absolute Gasteiger partial charge is 0.342 e. The normalized spacial score (nSPS) is 11.3. The van der Waals surface area contributed by atoms with E-state index in [2.05, 4.69) is 45.6 Å². The van der Waals surface area contributed by atoms with E-state index in [9.17, 15) is 0 Å². The molecule has 0 amide bonds. The molecule has 0 aliphatic rings. The fourth-order valence-corrected chi connectivity index (χ4v) is 3.20. The molecule has 4 heteroatoms. The van der Waals surface area contributed by atoms with Crippen molar-refractivity contribution in [2.24, 2.45) is 5.10 Å². The lowest BCUT2D eigenvalue weighted by Crippen LogP contribution is -1.98. The maximum Gasteiger partial charge on any atom is 0.0566 e. The van der Waals surface area contributed by atoms with Crippen molar-refractivity contribution >= 4 is 34.4 Å². The van der Waals surface area contributed by atoms with Gasteiger partial charge in [-0.3, -0.25) is 5.43 Å². The zero-order valence-electron chi connectivity index (χ0n) is 14.1. The van der Waals surface area contributed by atoms with E-state index in [0.29, 0.717) is 0 Å². The first kappa shape index (κ1) is 16.4. The zero-order chi connectivity index (χ0) is 17.8. The minimum absolute atomic E-state index is 0.722. The van der Waals surface area contributed by atoms with Gasteiger partial charge in [0.1, 0.15) is 0 Å². The molecule has 0 radical (unpaired) electrons. The van der Waals surface area contributed by atoms with Crippen molar-refractivity contribution in [2.45, 2.75) is 6.54 Å². The van der Waals surface area contributed by atoms with Gasteiger partial charge in [-0.2, -0.15) is 5.10 Å². The monoisotopic (exact) mass is 359 g/mol. The molecule has 0 unspecified atom stereocenters. The average molecular weight is 360 g/mol. The van der Waals surface area contributed by atoms with Gasteiger partial charge < -0.3 is 4.57 Å². The second-order valence-corrected chi connectivity index (χ2v) is 6.46. The molecular formula is C22H18ClN3. The third-order valence-electron chi connectivity index (χ3n) is 4.29. The molecule has 1 aromatic heterocycles. The number of hydrazone groups is 1. The van der Waals surface area contributed by atoms with Crippen LogP contribution in [0.15, 0.2) is 90.2 Å². The molecule has 3 nitrogen and oxygen atoms in total. The number of para-hydroxylation sites is 2. The summed E-state index contributed by atoms with van der Waals surface area (Å²) in [5, 5.41) is 6.33. The lowest BCUT2D eigenvalue weighted by atomic mass is 10.2. The van der Waals surface area contributed by atoms with E-state index in [-0.39, 0.29) is 0 Å². The fraction of sp³-hybridized carbons (Fsp3) is 0.0455. The van der Waals surface area contributed by atoms with Crippen LogP contribution in [0, 0.1) is 0 Å². The maximum absolute atomic E-state index is 6.33. The lowest BCUT2D eigenvalue weighted by molar-refractivity contribution is 0.836. The van der Waals surface area contributed by atoms with Crippen LogP contribution in [-0.4, -0.2) is 10.8 Å². The Balaban J connectivity index is 1.65. The Morgan fingerprint density at radius 3 is 2.46 bits per heavy atom. The van der Waals surface area contributed by atoms with E-state index >= 15 is 0 Å².